The third-order valence-corrected chi connectivity index (χ3v) is 5.17. The van der Waals surface area contributed by atoms with Gasteiger partial charge in [-0.1, -0.05) is 29.3 Å². The highest BCUT2D eigenvalue weighted by molar-refractivity contribution is 5.30. The molecule has 2 heteroatoms. The number of aliphatic hydroxyl groups excluding tert-OH is 1. The van der Waals surface area contributed by atoms with Crippen LogP contribution in [0.4, 0.5) is 0 Å². The summed E-state index contributed by atoms with van der Waals surface area (Å²) < 4.78 is 0. The van der Waals surface area contributed by atoms with Gasteiger partial charge in [-0.2, -0.15) is 0 Å². The lowest BCUT2D eigenvalue weighted by molar-refractivity contribution is 0.0356. The Morgan fingerprint density at radius 2 is 1.58 bits per heavy atom. The van der Waals surface area contributed by atoms with Gasteiger partial charge in [0.1, 0.15) is 0 Å². The van der Waals surface area contributed by atoms with Gasteiger partial charge in [0.2, 0.25) is 0 Å². The molecule has 2 aliphatic rings. The molecule has 2 fully saturated rings. The summed E-state index contributed by atoms with van der Waals surface area (Å²) in [5.74, 6) is 0.440. The van der Waals surface area contributed by atoms with Crippen LogP contribution in [0.2, 0.25) is 0 Å². The van der Waals surface area contributed by atoms with Crippen molar-refractivity contribution in [1.82, 2.24) is 4.90 Å². The first-order chi connectivity index (χ1) is 9.04. The average molecular weight is 259 g/mol. The molecule has 1 N–H and O–H groups in total. The maximum Gasteiger partial charge on any atom is 0.0819 e. The largest absolute Gasteiger partial charge is 0.388 e. The quantitative estimate of drug-likeness (QED) is 0.881. The zero-order valence-electron chi connectivity index (χ0n) is 12.3. The second-order valence-corrected chi connectivity index (χ2v) is 6.65. The van der Waals surface area contributed by atoms with Crippen molar-refractivity contribution >= 4 is 0 Å². The maximum atomic E-state index is 10.7. The second kappa shape index (κ2) is 4.92. The molecule has 3 atom stereocenters. The summed E-state index contributed by atoms with van der Waals surface area (Å²) in [5, 5.41) is 10.7. The van der Waals surface area contributed by atoms with E-state index >= 15 is 0 Å². The van der Waals surface area contributed by atoms with Crippen LogP contribution in [-0.2, 0) is 0 Å². The average Bonchev–Trinajstić information content (AvgIpc) is 2.60. The number of fused-ring (bicyclic) bond motifs is 2. The molecule has 19 heavy (non-hydrogen) atoms. The van der Waals surface area contributed by atoms with Crippen molar-refractivity contribution in [3.8, 4) is 0 Å². The molecule has 0 amide bonds. The Morgan fingerprint density at radius 1 is 1.05 bits per heavy atom. The molecule has 0 aromatic heterocycles. The van der Waals surface area contributed by atoms with Crippen LogP contribution in [0.1, 0.15) is 48.5 Å². The summed E-state index contributed by atoms with van der Waals surface area (Å²) in [6.45, 7) is 4.23. The highest BCUT2D eigenvalue weighted by Gasteiger charge is 2.40. The van der Waals surface area contributed by atoms with Crippen LogP contribution in [0.5, 0.6) is 0 Å². The monoisotopic (exact) mass is 259 g/mol. The van der Waals surface area contributed by atoms with Crippen LogP contribution >= 0.6 is 0 Å². The molecule has 0 radical (unpaired) electrons. The first kappa shape index (κ1) is 13.1. The molecule has 1 aromatic rings. The third-order valence-electron chi connectivity index (χ3n) is 5.17. The zero-order valence-corrected chi connectivity index (χ0v) is 12.3. The van der Waals surface area contributed by atoms with E-state index in [0.29, 0.717) is 18.0 Å². The highest BCUT2D eigenvalue weighted by Crippen LogP contribution is 2.42. The Morgan fingerprint density at radius 3 is 2.11 bits per heavy atom. The molecule has 0 aliphatic carbocycles. The molecule has 2 nitrogen and oxygen atoms in total. The van der Waals surface area contributed by atoms with Crippen LogP contribution in [-0.4, -0.2) is 29.1 Å². The van der Waals surface area contributed by atoms with Crippen molar-refractivity contribution in [2.45, 2.75) is 57.7 Å². The molecule has 1 aromatic carbocycles. The first-order valence-electron chi connectivity index (χ1n) is 7.53. The number of hydrogen-bond acceptors (Lipinski definition) is 2. The van der Waals surface area contributed by atoms with Gasteiger partial charge in [0.15, 0.2) is 0 Å². The van der Waals surface area contributed by atoms with Crippen LogP contribution in [0.25, 0.3) is 0 Å². The van der Waals surface area contributed by atoms with Crippen molar-refractivity contribution in [3.05, 3.63) is 34.9 Å². The SMILES string of the molecule is Cc1cc(C)cc(C(O)C2CC3CCC(C2)N3C)c1. The Kier molecular flexibility index (Phi) is 3.40. The number of hydrogen-bond donors (Lipinski definition) is 1. The van der Waals surface area contributed by atoms with Crippen molar-refractivity contribution < 1.29 is 5.11 Å². The zero-order chi connectivity index (χ0) is 13.6. The topological polar surface area (TPSA) is 23.5 Å². The van der Waals surface area contributed by atoms with E-state index in [4.69, 9.17) is 0 Å². The van der Waals surface area contributed by atoms with E-state index in [-0.39, 0.29) is 6.10 Å². The van der Waals surface area contributed by atoms with E-state index in [1.165, 1.54) is 24.0 Å². The van der Waals surface area contributed by atoms with Crippen molar-refractivity contribution in [3.63, 3.8) is 0 Å². The lowest BCUT2D eigenvalue weighted by Crippen LogP contribution is -2.41. The van der Waals surface area contributed by atoms with Crippen LogP contribution < -0.4 is 0 Å². The highest BCUT2D eigenvalue weighted by atomic mass is 16.3. The molecule has 104 valence electrons. The van der Waals surface area contributed by atoms with Gasteiger partial charge in [-0.3, -0.25) is 0 Å². The molecule has 0 spiro atoms. The predicted molar refractivity (Wildman–Crippen MR) is 78.2 cm³/mol. The minimum Gasteiger partial charge on any atom is -0.388 e. The number of rotatable bonds is 2. The Hall–Kier alpha value is -0.860. The molecule has 2 saturated heterocycles. The summed E-state index contributed by atoms with van der Waals surface area (Å²) in [5.41, 5.74) is 3.63. The van der Waals surface area contributed by atoms with Gasteiger partial charge in [-0.15, -0.1) is 0 Å². The summed E-state index contributed by atoms with van der Waals surface area (Å²) in [7, 11) is 2.25. The van der Waals surface area contributed by atoms with Crippen molar-refractivity contribution in [2.24, 2.45) is 5.92 Å². The molecule has 0 saturated carbocycles. The molecule has 3 unspecified atom stereocenters. The normalized spacial score (nSPS) is 32.5. The molecule has 2 heterocycles. The van der Waals surface area contributed by atoms with E-state index in [9.17, 15) is 5.11 Å². The van der Waals surface area contributed by atoms with Gasteiger partial charge in [0.05, 0.1) is 6.10 Å². The van der Waals surface area contributed by atoms with Gasteiger partial charge in [-0.25, -0.2) is 0 Å². The van der Waals surface area contributed by atoms with Crippen molar-refractivity contribution in [2.75, 3.05) is 7.05 Å². The molecule has 2 bridgehead atoms. The van der Waals surface area contributed by atoms with E-state index < -0.39 is 0 Å². The third kappa shape index (κ3) is 2.44. The number of nitrogens with zero attached hydrogens (tertiary/aromatic N) is 1. The fourth-order valence-corrected chi connectivity index (χ4v) is 4.16. The maximum absolute atomic E-state index is 10.7. The van der Waals surface area contributed by atoms with E-state index in [1.54, 1.807) is 0 Å². The van der Waals surface area contributed by atoms with Gasteiger partial charge in [0, 0.05) is 12.1 Å². The fourth-order valence-electron chi connectivity index (χ4n) is 4.16. The molecular formula is C17H25NO. The molecule has 2 aliphatic heterocycles. The van der Waals surface area contributed by atoms with Crippen LogP contribution in [0.15, 0.2) is 18.2 Å². The fraction of sp³-hybridized carbons (Fsp3) is 0.647. The first-order valence-corrected chi connectivity index (χ1v) is 7.53. The summed E-state index contributed by atoms with van der Waals surface area (Å²) in [6, 6.07) is 7.87. The standard InChI is InChI=1S/C17H25NO/c1-11-6-12(2)8-13(7-11)17(19)14-9-15-4-5-16(10-14)18(15)3/h6-8,14-17,19H,4-5,9-10H2,1-3H3. The Balaban J connectivity index is 1.79. The van der Waals surface area contributed by atoms with Gasteiger partial charge < -0.3 is 10.0 Å². The van der Waals surface area contributed by atoms with Crippen LogP contribution in [0, 0.1) is 19.8 Å². The number of piperidine rings is 1. The van der Waals surface area contributed by atoms with E-state index in [2.05, 4.69) is 44.0 Å². The van der Waals surface area contributed by atoms with Gasteiger partial charge in [-0.05, 0) is 58.1 Å². The smallest absolute Gasteiger partial charge is 0.0819 e. The number of benzene rings is 1. The summed E-state index contributed by atoms with van der Waals surface area (Å²) in [6.07, 6.45) is 4.66. The molecular weight excluding hydrogens is 234 g/mol. The predicted octanol–water partition coefficient (Wildman–Crippen LogP) is 3.21. The van der Waals surface area contributed by atoms with Gasteiger partial charge in [0.25, 0.3) is 0 Å². The lowest BCUT2D eigenvalue weighted by atomic mass is 9.83. The van der Waals surface area contributed by atoms with Gasteiger partial charge >= 0.3 is 0 Å². The summed E-state index contributed by atoms with van der Waals surface area (Å²) >= 11 is 0. The summed E-state index contributed by atoms with van der Waals surface area (Å²) in [4.78, 5) is 2.53. The number of aryl methyl sites for hydroxylation is 2. The second-order valence-electron chi connectivity index (χ2n) is 6.65. The molecule has 3 rings (SSSR count). The Labute approximate surface area is 116 Å². The minimum atomic E-state index is -0.282. The Bertz CT molecular complexity index is 436. The van der Waals surface area contributed by atoms with Crippen molar-refractivity contribution in [1.29, 1.82) is 0 Å². The van der Waals surface area contributed by atoms with Crippen LogP contribution in [0.3, 0.4) is 0 Å². The van der Waals surface area contributed by atoms with E-state index in [1.807, 2.05) is 0 Å². The minimum absolute atomic E-state index is 0.282. The van der Waals surface area contributed by atoms with E-state index in [0.717, 1.165) is 18.4 Å². The number of aliphatic hydroxyl groups is 1. The lowest BCUT2D eigenvalue weighted by Gasteiger charge is -2.38.